The molecule has 0 saturated heterocycles. The van der Waals surface area contributed by atoms with Crippen molar-refractivity contribution in [2.75, 3.05) is 12.8 Å². The van der Waals surface area contributed by atoms with Crippen LogP contribution in [0.5, 0.6) is 0 Å². The number of nitrogen functional groups attached to an aromatic ring is 1. The van der Waals surface area contributed by atoms with E-state index in [1.54, 1.807) is 29.1 Å². The van der Waals surface area contributed by atoms with Crippen molar-refractivity contribution in [1.82, 2.24) is 13.9 Å². The zero-order valence-electron chi connectivity index (χ0n) is 11.4. The fourth-order valence-electron chi connectivity index (χ4n) is 1.84. The van der Waals surface area contributed by atoms with Crippen molar-refractivity contribution < 1.29 is 8.42 Å². The maximum absolute atomic E-state index is 12.7. The first-order valence-electron chi connectivity index (χ1n) is 5.90. The Morgan fingerprint density at radius 3 is 2.57 bits per heavy atom. The van der Waals surface area contributed by atoms with E-state index in [1.807, 2.05) is 7.05 Å². The molecule has 0 aliphatic heterocycles. The summed E-state index contributed by atoms with van der Waals surface area (Å²) in [6.07, 6.45) is 3.39. The molecule has 0 unspecified atom stereocenters. The minimum absolute atomic E-state index is 0.0578. The Bertz CT molecular complexity index is 750. The van der Waals surface area contributed by atoms with E-state index in [-0.39, 0.29) is 17.1 Å². The number of hydrogen-bond acceptors (Lipinski definition) is 4. The Hall–Kier alpha value is -0.900. The highest BCUT2D eigenvalue weighted by atomic mass is 79.9. The largest absolute Gasteiger partial charge is 0.398 e. The normalized spacial score (nSPS) is 12.0. The summed E-state index contributed by atoms with van der Waals surface area (Å²) < 4.78 is 29.5. The van der Waals surface area contributed by atoms with Gasteiger partial charge in [-0.05, 0) is 28.1 Å². The third-order valence-electron chi connectivity index (χ3n) is 2.99. The number of aromatic nitrogens is 2. The monoisotopic (exact) mass is 436 g/mol. The van der Waals surface area contributed by atoms with Gasteiger partial charge in [-0.1, -0.05) is 15.9 Å². The van der Waals surface area contributed by atoms with Crippen LogP contribution in [0.4, 0.5) is 5.69 Å². The van der Waals surface area contributed by atoms with E-state index in [4.69, 9.17) is 5.73 Å². The predicted octanol–water partition coefficient (Wildman–Crippen LogP) is 2.35. The lowest BCUT2D eigenvalue weighted by Gasteiger charge is -2.19. The number of benzene rings is 1. The van der Waals surface area contributed by atoms with E-state index in [0.717, 1.165) is 0 Å². The first-order valence-corrected chi connectivity index (χ1v) is 8.93. The van der Waals surface area contributed by atoms with Crippen molar-refractivity contribution in [3.63, 3.8) is 0 Å². The van der Waals surface area contributed by atoms with Gasteiger partial charge in [-0.3, -0.25) is 0 Å². The molecule has 0 aliphatic carbocycles. The van der Waals surface area contributed by atoms with Gasteiger partial charge in [0, 0.05) is 35.4 Å². The number of nitrogens with zero attached hydrogens (tertiary/aromatic N) is 3. The van der Waals surface area contributed by atoms with Crippen LogP contribution in [0.2, 0.25) is 0 Å². The first kappa shape index (κ1) is 16.5. The van der Waals surface area contributed by atoms with Crippen LogP contribution in [0.25, 0.3) is 0 Å². The molecule has 0 spiro atoms. The average molecular weight is 438 g/mol. The molecule has 0 fully saturated rings. The lowest BCUT2D eigenvalue weighted by Crippen LogP contribution is -2.28. The molecule has 0 amide bonds. The summed E-state index contributed by atoms with van der Waals surface area (Å²) in [7, 11) is -0.412. The fourth-order valence-corrected chi connectivity index (χ4v) is 4.97. The third-order valence-corrected chi connectivity index (χ3v) is 6.26. The van der Waals surface area contributed by atoms with Gasteiger partial charge < -0.3 is 10.3 Å². The van der Waals surface area contributed by atoms with Crippen LogP contribution >= 0.6 is 31.9 Å². The number of hydrogen-bond donors (Lipinski definition) is 1. The molecular weight excluding hydrogens is 424 g/mol. The molecule has 1 heterocycles. The van der Waals surface area contributed by atoms with Crippen LogP contribution < -0.4 is 5.73 Å². The molecule has 0 atom stereocenters. The number of sulfonamides is 1. The van der Waals surface area contributed by atoms with Crippen LogP contribution in [-0.4, -0.2) is 29.3 Å². The molecule has 6 nitrogen and oxygen atoms in total. The fraction of sp³-hybridized carbons (Fsp3) is 0.250. The molecule has 1 aromatic heterocycles. The molecule has 9 heteroatoms. The highest BCUT2D eigenvalue weighted by molar-refractivity contribution is 9.11. The van der Waals surface area contributed by atoms with E-state index in [1.165, 1.54) is 11.4 Å². The minimum Gasteiger partial charge on any atom is -0.398 e. The van der Waals surface area contributed by atoms with Gasteiger partial charge in [0.15, 0.2) is 0 Å². The smallest absolute Gasteiger partial charge is 0.246 e. The van der Waals surface area contributed by atoms with Crippen LogP contribution in [-0.2, 0) is 23.6 Å². The second-order valence-corrected chi connectivity index (χ2v) is 8.27. The van der Waals surface area contributed by atoms with Gasteiger partial charge in [0.25, 0.3) is 0 Å². The summed E-state index contributed by atoms with van der Waals surface area (Å²) in [5.74, 6) is 0.646. The topological polar surface area (TPSA) is 81.2 Å². The Labute approximate surface area is 140 Å². The number of rotatable bonds is 4. The van der Waals surface area contributed by atoms with Gasteiger partial charge in [-0.25, -0.2) is 13.4 Å². The molecular formula is C12H14Br2N4O2S. The standard InChI is InChI=1S/C12H14Br2N4O2S/c1-17-4-3-16-11(17)7-18(2)21(19,20)12-9(14)5-8(13)6-10(12)15/h3-6H,7,15H2,1-2H3. The van der Waals surface area contributed by atoms with Gasteiger partial charge in [-0.15, -0.1) is 0 Å². The molecule has 2 rings (SSSR count). The van der Waals surface area contributed by atoms with Crippen molar-refractivity contribution >= 4 is 47.6 Å². The average Bonchev–Trinajstić information content (AvgIpc) is 2.73. The van der Waals surface area contributed by atoms with Crippen molar-refractivity contribution in [3.05, 3.63) is 39.3 Å². The summed E-state index contributed by atoms with van der Waals surface area (Å²) in [6, 6.07) is 3.21. The maximum Gasteiger partial charge on any atom is 0.246 e. The van der Waals surface area contributed by atoms with Crippen LogP contribution in [0.3, 0.4) is 0 Å². The Kier molecular flexibility index (Phi) is 4.76. The molecule has 114 valence electrons. The summed E-state index contributed by atoms with van der Waals surface area (Å²) in [5, 5.41) is 0. The van der Waals surface area contributed by atoms with Gasteiger partial charge in [-0.2, -0.15) is 4.31 Å². The van der Waals surface area contributed by atoms with Crippen LogP contribution in [0.1, 0.15) is 5.82 Å². The second kappa shape index (κ2) is 6.07. The molecule has 1 aromatic carbocycles. The van der Waals surface area contributed by atoms with Crippen LogP contribution in [0.15, 0.2) is 38.4 Å². The van der Waals surface area contributed by atoms with Crippen molar-refractivity contribution in [2.24, 2.45) is 7.05 Å². The number of nitrogens with two attached hydrogens (primary N) is 1. The van der Waals surface area contributed by atoms with E-state index < -0.39 is 10.0 Å². The van der Waals surface area contributed by atoms with Gasteiger partial charge in [0.1, 0.15) is 10.7 Å². The number of aryl methyl sites for hydroxylation is 1. The third kappa shape index (κ3) is 3.31. The van der Waals surface area contributed by atoms with E-state index in [0.29, 0.717) is 14.8 Å². The van der Waals surface area contributed by atoms with E-state index in [2.05, 4.69) is 36.8 Å². The van der Waals surface area contributed by atoms with E-state index in [9.17, 15) is 8.42 Å². The number of halogens is 2. The molecule has 2 N–H and O–H groups in total. The quantitative estimate of drug-likeness (QED) is 0.744. The summed E-state index contributed by atoms with van der Waals surface area (Å²) >= 11 is 6.54. The molecule has 0 saturated carbocycles. The van der Waals surface area contributed by atoms with Crippen molar-refractivity contribution in [1.29, 1.82) is 0 Å². The first-order chi connectivity index (χ1) is 9.73. The minimum atomic E-state index is -3.72. The highest BCUT2D eigenvalue weighted by Crippen LogP contribution is 2.33. The molecule has 0 aliphatic rings. The lowest BCUT2D eigenvalue weighted by molar-refractivity contribution is 0.451. The zero-order valence-corrected chi connectivity index (χ0v) is 15.4. The Balaban J connectivity index is 2.40. The lowest BCUT2D eigenvalue weighted by atomic mass is 10.3. The van der Waals surface area contributed by atoms with Gasteiger partial charge in [0.05, 0.1) is 12.2 Å². The highest BCUT2D eigenvalue weighted by Gasteiger charge is 2.27. The number of imidazole rings is 1. The molecule has 21 heavy (non-hydrogen) atoms. The van der Waals surface area contributed by atoms with Gasteiger partial charge >= 0.3 is 0 Å². The number of anilines is 1. The summed E-state index contributed by atoms with van der Waals surface area (Å²) in [5.41, 5.74) is 6.05. The predicted molar refractivity (Wildman–Crippen MR) is 88.1 cm³/mol. The maximum atomic E-state index is 12.7. The Morgan fingerprint density at radius 2 is 2.05 bits per heavy atom. The second-order valence-electron chi connectivity index (χ2n) is 4.52. The van der Waals surface area contributed by atoms with Crippen molar-refractivity contribution in [3.8, 4) is 0 Å². The SMILES string of the molecule is CN(Cc1nccn1C)S(=O)(=O)c1c(N)cc(Br)cc1Br. The molecule has 0 bridgehead atoms. The van der Waals surface area contributed by atoms with Gasteiger partial charge in [0.2, 0.25) is 10.0 Å². The Morgan fingerprint density at radius 1 is 1.38 bits per heavy atom. The summed E-state index contributed by atoms with van der Waals surface area (Å²) in [6.45, 7) is 0.160. The van der Waals surface area contributed by atoms with Crippen LogP contribution in [0, 0.1) is 0 Å². The molecule has 0 radical (unpaired) electrons. The molecule has 2 aromatic rings. The van der Waals surface area contributed by atoms with Crippen molar-refractivity contribution in [2.45, 2.75) is 11.4 Å². The zero-order chi connectivity index (χ0) is 15.8. The van der Waals surface area contributed by atoms with E-state index >= 15 is 0 Å². The summed E-state index contributed by atoms with van der Waals surface area (Å²) in [4.78, 5) is 4.19.